The van der Waals surface area contributed by atoms with Crippen LogP contribution in [0.4, 0.5) is 5.95 Å². The Morgan fingerprint density at radius 2 is 1.74 bits per heavy atom. The zero-order valence-electron chi connectivity index (χ0n) is 12.2. The number of aryl methyl sites for hydroxylation is 1. The summed E-state index contributed by atoms with van der Waals surface area (Å²) in [4.78, 5) is 28.7. The topological polar surface area (TPSA) is 81.0 Å². The van der Waals surface area contributed by atoms with Gasteiger partial charge in [0.2, 0.25) is 0 Å². The minimum absolute atomic E-state index is 0.00440. The van der Waals surface area contributed by atoms with Gasteiger partial charge in [0.25, 0.3) is 17.8 Å². The highest BCUT2D eigenvalue weighted by atomic mass is 32.1. The van der Waals surface area contributed by atoms with Crippen molar-refractivity contribution in [2.75, 3.05) is 4.90 Å². The summed E-state index contributed by atoms with van der Waals surface area (Å²) in [5.74, 6) is -0.904. The molecule has 0 atom stereocenters. The molecule has 0 radical (unpaired) electrons. The minimum Gasteiger partial charge on any atom is -0.267 e. The van der Waals surface area contributed by atoms with Crippen molar-refractivity contribution < 1.29 is 9.59 Å². The SMILES string of the molecule is CCCn1nnc(N(C(=O)c2cccs2)C(=O)c2cccs2)n1. The van der Waals surface area contributed by atoms with Crippen LogP contribution in [0.5, 0.6) is 0 Å². The van der Waals surface area contributed by atoms with Crippen molar-refractivity contribution in [1.29, 1.82) is 0 Å². The number of hydrogen-bond acceptors (Lipinski definition) is 7. The van der Waals surface area contributed by atoms with Gasteiger partial charge in [-0.3, -0.25) is 9.59 Å². The second-order valence-electron chi connectivity index (χ2n) is 4.59. The highest BCUT2D eigenvalue weighted by Crippen LogP contribution is 2.20. The molecule has 118 valence electrons. The lowest BCUT2D eigenvalue weighted by molar-refractivity contribution is 0.0899. The molecule has 0 spiro atoms. The van der Waals surface area contributed by atoms with E-state index in [2.05, 4.69) is 15.4 Å². The molecule has 0 saturated heterocycles. The molecule has 3 aromatic rings. The van der Waals surface area contributed by atoms with Crippen molar-refractivity contribution in [3.05, 3.63) is 44.8 Å². The summed E-state index contributed by atoms with van der Waals surface area (Å²) in [7, 11) is 0. The highest BCUT2D eigenvalue weighted by Gasteiger charge is 2.30. The molecule has 0 saturated carbocycles. The Morgan fingerprint density at radius 3 is 2.22 bits per heavy atom. The van der Waals surface area contributed by atoms with Crippen LogP contribution in [0.25, 0.3) is 0 Å². The molecule has 3 rings (SSSR count). The van der Waals surface area contributed by atoms with E-state index in [9.17, 15) is 9.59 Å². The van der Waals surface area contributed by atoms with E-state index in [0.29, 0.717) is 16.3 Å². The fourth-order valence-corrected chi connectivity index (χ4v) is 3.22. The van der Waals surface area contributed by atoms with Gasteiger partial charge in [0.05, 0.1) is 16.3 Å². The number of tetrazole rings is 1. The number of nitrogens with zero attached hydrogens (tertiary/aromatic N) is 5. The average Bonchev–Trinajstić information content (AvgIpc) is 3.30. The Bertz CT molecular complexity index is 749. The lowest BCUT2D eigenvalue weighted by Gasteiger charge is -2.14. The van der Waals surface area contributed by atoms with Gasteiger partial charge >= 0.3 is 0 Å². The molecule has 0 bridgehead atoms. The number of imide groups is 1. The maximum absolute atomic E-state index is 12.7. The first kappa shape index (κ1) is 15.5. The smallest absolute Gasteiger partial charge is 0.267 e. The Morgan fingerprint density at radius 1 is 1.13 bits per heavy atom. The first-order valence-corrected chi connectivity index (χ1v) is 8.70. The van der Waals surface area contributed by atoms with Crippen LogP contribution in [0.3, 0.4) is 0 Å². The molecule has 9 heteroatoms. The van der Waals surface area contributed by atoms with Crippen molar-refractivity contribution in [3.63, 3.8) is 0 Å². The molecule has 0 fully saturated rings. The molecule has 23 heavy (non-hydrogen) atoms. The largest absolute Gasteiger partial charge is 0.280 e. The van der Waals surface area contributed by atoms with Crippen LogP contribution < -0.4 is 4.90 Å². The monoisotopic (exact) mass is 347 g/mol. The maximum Gasteiger partial charge on any atom is 0.280 e. The molecule has 0 aliphatic carbocycles. The highest BCUT2D eigenvalue weighted by molar-refractivity contribution is 7.13. The van der Waals surface area contributed by atoms with Crippen molar-refractivity contribution in [1.82, 2.24) is 20.2 Å². The van der Waals surface area contributed by atoms with Crippen LogP contribution in [0.2, 0.25) is 0 Å². The van der Waals surface area contributed by atoms with Crippen molar-refractivity contribution >= 4 is 40.4 Å². The molecular weight excluding hydrogens is 334 g/mol. The Balaban J connectivity index is 1.98. The van der Waals surface area contributed by atoms with Gasteiger partial charge < -0.3 is 0 Å². The van der Waals surface area contributed by atoms with E-state index in [1.165, 1.54) is 27.5 Å². The summed E-state index contributed by atoms with van der Waals surface area (Å²) < 4.78 is 0. The second-order valence-corrected chi connectivity index (χ2v) is 6.48. The third-order valence-corrected chi connectivity index (χ3v) is 4.65. The van der Waals surface area contributed by atoms with E-state index in [-0.39, 0.29) is 5.95 Å². The number of rotatable bonds is 5. The van der Waals surface area contributed by atoms with Crippen LogP contribution in [-0.2, 0) is 6.54 Å². The predicted octanol–water partition coefficient (Wildman–Crippen LogP) is 2.69. The van der Waals surface area contributed by atoms with Crippen LogP contribution >= 0.6 is 22.7 Å². The van der Waals surface area contributed by atoms with Gasteiger partial charge in [-0.2, -0.15) is 4.80 Å². The standard InChI is InChI=1S/C14H13N5O2S2/c1-2-7-18-16-14(15-17-18)19(12(20)10-5-3-8-22-10)13(21)11-6-4-9-23-11/h3-6,8-9H,2,7H2,1H3. The van der Waals surface area contributed by atoms with E-state index in [4.69, 9.17) is 0 Å². The Labute approximate surface area is 140 Å². The van der Waals surface area contributed by atoms with Gasteiger partial charge in [0, 0.05) is 0 Å². The Hall–Kier alpha value is -2.39. The molecule has 2 amide bonds. The zero-order valence-corrected chi connectivity index (χ0v) is 13.9. The third-order valence-electron chi connectivity index (χ3n) is 2.94. The average molecular weight is 347 g/mol. The normalized spacial score (nSPS) is 10.7. The van der Waals surface area contributed by atoms with E-state index in [1.807, 2.05) is 6.92 Å². The van der Waals surface area contributed by atoms with Gasteiger partial charge in [-0.25, -0.2) is 4.90 Å². The van der Waals surface area contributed by atoms with Crippen molar-refractivity contribution in [2.45, 2.75) is 19.9 Å². The quantitative estimate of drug-likeness (QED) is 0.663. The van der Waals surface area contributed by atoms with Crippen LogP contribution in [0, 0.1) is 0 Å². The van der Waals surface area contributed by atoms with E-state index in [1.54, 1.807) is 35.0 Å². The van der Waals surface area contributed by atoms with Crippen molar-refractivity contribution in [2.24, 2.45) is 0 Å². The second kappa shape index (κ2) is 6.80. The lowest BCUT2D eigenvalue weighted by atomic mass is 10.3. The number of amides is 2. The summed E-state index contributed by atoms with van der Waals surface area (Å²) in [6.07, 6.45) is 0.827. The van der Waals surface area contributed by atoms with E-state index in [0.717, 1.165) is 11.3 Å². The molecule has 3 aromatic heterocycles. The number of carbonyl (C=O) groups is 2. The minimum atomic E-state index is -0.450. The maximum atomic E-state index is 12.7. The lowest BCUT2D eigenvalue weighted by Crippen LogP contribution is -2.37. The third kappa shape index (κ3) is 3.20. The summed E-state index contributed by atoms with van der Waals surface area (Å²) in [5, 5.41) is 15.5. The summed E-state index contributed by atoms with van der Waals surface area (Å²) in [5.41, 5.74) is 0. The molecule has 0 aliphatic heterocycles. The number of aromatic nitrogens is 4. The first-order valence-electron chi connectivity index (χ1n) is 6.94. The first-order chi connectivity index (χ1) is 11.2. The molecule has 0 aliphatic rings. The van der Waals surface area contributed by atoms with Gasteiger partial charge in [0.15, 0.2) is 0 Å². The van der Waals surface area contributed by atoms with Crippen LogP contribution in [-0.4, -0.2) is 32.0 Å². The Kier molecular flexibility index (Phi) is 4.58. The predicted molar refractivity (Wildman–Crippen MR) is 87.9 cm³/mol. The molecular formula is C14H13N5O2S2. The summed E-state index contributed by atoms with van der Waals surface area (Å²) in [6, 6.07) is 6.84. The van der Waals surface area contributed by atoms with Gasteiger partial charge in [-0.15, -0.1) is 27.8 Å². The molecule has 3 heterocycles. The number of anilines is 1. The molecule has 7 nitrogen and oxygen atoms in total. The van der Waals surface area contributed by atoms with E-state index >= 15 is 0 Å². The summed E-state index contributed by atoms with van der Waals surface area (Å²) in [6.45, 7) is 2.55. The van der Waals surface area contributed by atoms with Crippen molar-refractivity contribution in [3.8, 4) is 0 Å². The fraction of sp³-hybridized carbons (Fsp3) is 0.214. The van der Waals surface area contributed by atoms with Crippen LogP contribution in [0.1, 0.15) is 32.7 Å². The van der Waals surface area contributed by atoms with E-state index < -0.39 is 11.8 Å². The molecule has 0 N–H and O–H groups in total. The van der Waals surface area contributed by atoms with Gasteiger partial charge in [-0.05, 0) is 34.5 Å². The zero-order chi connectivity index (χ0) is 16.2. The fourth-order valence-electron chi connectivity index (χ4n) is 1.91. The number of hydrogen-bond donors (Lipinski definition) is 0. The van der Waals surface area contributed by atoms with Gasteiger partial charge in [-0.1, -0.05) is 24.2 Å². The molecule has 0 aromatic carbocycles. The van der Waals surface area contributed by atoms with Gasteiger partial charge in [0.1, 0.15) is 0 Å². The number of carbonyl (C=O) groups excluding carboxylic acids is 2. The molecule has 0 unspecified atom stereocenters. The number of thiophene rings is 2. The summed E-state index contributed by atoms with van der Waals surface area (Å²) >= 11 is 2.53. The van der Waals surface area contributed by atoms with Crippen LogP contribution in [0.15, 0.2) is 35.0 Å².